The third kappa shape index (κ3) is 8.90. The van der Waals surface area contributed by atoms with E-state index in [1.54, 1.807) is 0 Å². The Bertz CT molecular complexity index is 1330. The highest BCUT2D eigenvalue weighted by molar-refractivity contribution is 7.89. The van der Waals surface area contributed by atoms with Crippen LogP contribution in [0.5, 0.6) is 0 Å². The molecule has 44 heavy (non-hydrogen) atoms. The zero-order valence-corrected chi connectivity index (χ0v) is 28.3. The van der Waals surface area contributed by atoms with Gasteiger partial charge in [-0.1, -0.05) is 65.1 Å². The minimum atomic E-state index is -3.94. The Hall–Kier alpha value is -1.39. The minimum Gasteiger partial charge on any atom is -0.367 e. The summed E-state index contributed by atoms with van der Waals surface area (Å²) < 4.78 is 33.8. The molecule has 1 amide bonds. The molecular weight excluding hydrogens is 641 g/mol. The van der Waals surface area contributed by atoms with E-state index in [4.69, 9.17) is 39.5 Å². The van der Waals surface area contributed by atoms with Crippen LogP contribution in [0.15, 0.2) is 47.4 Å². The summed E-state index contributed by atoms with van der Waals surface area (Å²) in [5.74, 6) is 1.04. The molecule has 2 saturated heterocycles. The number of hydrogen-bond acceptors (Lipinski definition) is 5. The number of rotatable bonds is 12. The van der Waals surface area contributed by atoms with Gasteiger partial charge in [0, 0.05) is 30.7 Å². The first kappa shape index (κ1) is 34.0. The van der Waals surface area contributed by atoms with E-state index in [9.17, 15) is 13.2 Å². The maximum absolute atomic E-state index is 13.3. The molecule has 2 aliphatic heterocycles. The molecular formula is C33H44Cl3N3O4S. The van der Waals surface area contributed by atoms with E-state index in [1.165, 1.54) is 67.2 Å². The van der Waals surface area contributed by atoms with E-state index in [0.717, 1.165) is 25.2 Å². The number of aryl methyl sites for hydroxylation is 1. The number of sulfonamides is 1. The van der Waals surface area contributed by atoms with Crippen LogP contribution < -0.4 is 5.32 Å². The van der Waals surface area contributed by atoms with E-state index in [1.807, 2.05) is 0 Å². The summed E-state index contributed by atoms with van der Waals surface area (Å²) in [7, 11) is -3.94. The van der Waals surface area contributed by atoms with Gasteiger partial charge in [-0.2, -0.15) is 4.31 Å². The fraction of sp³-hybridized carbons (Fsp3) is 0.606. The maximum atomic E-state index is 13.3. The monoisotopic (exact) mass is 683 g/mol. The lowest BCUT2D eigenvalue weighted by molar-refractivity contribution is -0.128. The van der Waals surface area contributed by atoms with Crippen LogP contribution in [-0.2, 0) is 26.0 Å². The van der Waals surface area contributed by atoms with Crippen LogP contribution in [0.2, 0.25) is 15.1 Å². The van der Waals surface area contributed by atoms with Crippen LogP contribution >= 0.6 is 34.8 Å². The molecule has 2 heterocycles. The van der Waals surface area contributed by atoms with Gasteiger partial charge >= 0.3 is 0 Å². The van der Waals surface area contributed by atoms with Gasteiger partial charge in [-0.05, 0) is 107 Å². The molecule has 7 nitrogen and oxygen atoms in total. The van der Waals surface area contributed by atoms with Gasteiger partial charge in [-0.25, -0.2) is 8.42 Å². The molecule has 2 atom stereocenters. The van der Waals surface area contributed by atoms with Gasteiger partial charge in [0.2, 0.25) is 15.9 Å². The summed E-state index contributed by atoms with van der Waals surface area (Å²) in [5.41, 5.74) is 1.42. The second-order valence-corrected chi connectivity index (χ2v) is 15.7. The zero-order valence-electron chi connectivity index (χ0n) is 25.2. The normalized spacial score (nSPS) is 24.3. The quantitative estimate of drug-likeness (QED) is 0.265. The molecule has 0 radical (unpaired) electrons. The largest absolute Gasteiger partial charge is 0.367 e. The first-order chi connectivity index (χ1) is 21.2. The molecule has 0 aromatic heterocycles. The number of hydrogen-bond donors (Lipinski definition) is 1. The Morgan fingerprint density at radius 1 is 0.932 bits per heavy atom. The number of ether oxygens (including phenoxy) is 1. The zero-order chi connectivity index (χ0) is 31.1. The molecule has 1 N–H and O–H groups in total. The van der Waals surface area contributed by atoms with Gasteiger partial charge in [-0.15, -0.1) is 0 Å². The molecule has 5 rings (SSSR count). The van der Waals surface area contributed by atoms with Crippen molar-refractivity contribution >= 4 is 50.7 Å². The number of benzene rings is 2. The van der Waals surface area contributed by atoms with Gasteiger partial charge in [0.05, 0.1) is 16.1 Å². The van der Waals surface area contributed by atoms with Crippen molar-refractivity contribution in [3.05, 3.63) is 63.1 Å². The lowest BCUT2D eigenvalue weighted by atomic mass is 9.76. The van der Waals surface area contributed by atoms with Crippen LogP contribution in [0.4, 0.5) is 0 Å². The lowest BCUT2D eigenvalue weighted by Crippen LogP contribution is -2.44. The first-order valence-corrected chi connectivity index (χ1v) is 18.6. The highest BCUT2D eigenvalue weighted by atomic mass is 35.5. The lowest BCUT2D eigenvalue weighted by Gasteiger charge is -2.39. The minimum absolute atomic E-state index is 0.0160. The van der Waals surface area contributed by atoms with Crippen molar-refractivity contribution in [2.45, 2.75) is 81.2 Å². The average molecular weight is 685 g/mol. The Balaban J connectivity index is 1.05. The maximum Gasteiger partial charge on any atom is 0.246 e. The van der Waals surface area contributed by atoms with Crippen molar-refractivity contribution in [2.75, 3.05) is 39.3 Å². The second-order valence-electron chi connectivity index (χ2n) is 12.6. The van der Waals surface area contributed by atoms with Gasteiger partial charge < -0.3 is 15.0 Å². The second kappa shape index (κ2) is 15.9. The molecule has 2 aromatic rings. The molecule has 2 unspecified atom stereocenters. The van der Waals surface area contributed by atoms with E-state index in [-0.39, 0.29) is 45.1 Å². The fourth-order valence-corrected chi connectivity index (χ4v) is 10.2. The predicted octanol–water partition coefficient (Wildman–Crippen LogP) is 6.84. The molecule has 3 aliphatic rings. The average Bonchev–Trinajstić information content (AvgIpc) is 3.54. The van der Waals surface area contributed by atoms with Crippen molar-refractivity contribution in [3.63, 3.8) is 0 Å². The smallest absolute Gasteiger partial charge is 0.246 e. The topological polar surface area (TPSA) is 78.9 Å². The molecule has 11 heteroatoms. The number of piperidine rings is 1. The van der Waals surface area contributed by atoms with Gasteiger partial charge in [0.1, 0.15) is 11.5 Å². The number of amides is 1. The van der Waals surface area contributed by atoms with Crippen LogP contribution in [0.1, 0.15) is 63.4 Å². The van der Waals surface area contributed by atoms with E-state index in [2.05, 4.69) is 40.5 Å². The number of carbonyl (C=O) groups excluding carboxylic acids is 1. The summed E-state index contributed by atoms with van der Waals surface area (Å²) in [4.78, 5) is 15.3. The van der Waals surface area contributed by atoms with E-state index in [0.29, 0.717) is 37.9 Å². The Morgan fingerprint density at radius 2 is 1.61 bits per heavy atom. The van der Waals surface area contributed by atoms with Gasteiger partial charge in [-0.3, -0.25) is 4.79 Å². The highest BCUT2D eigenvalue weighted by Crippen LogP contribution is 2.37. The van der Waals surface area contributed by atoms with Crippen LogP contribution in [0.3, 0.4) is 0 Å². The van der Waals surface area contributed by atoms with Gasteiger partial charge in [0.15, 0.2) is 0 Å². The van der Waals surface area contributed by atoms with Crippen molar-refractivity contribution < 1.29 is 17.9 Å². The SMILES string of the molecule is O=C(COC1CCCN(S(=O)(=O)c2c(Cl)cc(Cl)cc2Cl)C1)NCC1CCC(C(CCc2ccccc2)N2CCCC2)CC1. The standard InChI is InChI=1S/C33H44Cl3N3O4S/c34-27-19-29(35)33(30(36)20-27)44(41,42)39-18-6-9-28(22-39)43-23-32(40)37-21-25-10-13-26(14-11-25)31(38-16-4-5-17-38)15-12-24-7-2-1-3-8-24/h1-3,7-8,19-20,25-26,28,31H,4-6,9-18,21-23H2,(H,37,40). The summed E-state index contributed by atoms with van der Waals surface area (Å²) in [6.45, 7) is 3.49. The molecule has 0 bridgehead atoms. The number of nitrogens with one attached hydrogen (secondary N) is 1. The first-order valence-electron chi connectivity index (χ1n) is 16.0. The molecule has 1 aliphatic carbocycles. The third-order valence-corrected chi connectivity index (χ3v) is 12.6. The fourth-order valence-electron chi connectivity index (χ4n) is 7.19. The number of likely N-dealkylation sites (tertiary alicyclic amines) is 1. The van der Waals surface area contributed by atoms with Gasteiger partial charge in [0.25, 0.3) is 0 Å². The Morgan fingerprint density at radius 3 is 2.30 bits per heavy atom. The van der Waals surface area contributed by atoms with E-state index >= 15 is 0 Å². The molecule has 1 saturated carbocycles. The summed E-state index contributed by atoms with van der Waals surface area (Å²) in [6, 6.07) is 14.2. The van der Waals surface area contributed by atoms with Crippen molar-refractivity contribution in [3.8, 4) is 0 Å². The summed E-state index contributed by atoms with van der Waals surface area (Å²) in [6.07, 6.45) is 10.5. The molecule has 0 spiro atoms. The molecule has 242 valence electrons. The van der Waals surface area contributed by atoms with Crippen molar-refractivity contribution in [1.82, 2.24) is 14.5 Å². The summed E-state index contributed by atoms with van der Waals surface area (Å²) >= 11 is 18.4. The number of nitrogens with zero attached hydrogens (tertiary/aromatic N) is 2. The van der Waals surface area contributed by atoms with E-state index < -0.39 is 10.0 Å². The number of halogens is 3. The molecule has 3 fully saturated rings. The van der Waals surface area contributed by atoms with Crippen molar-refractivity contribution in [1.29, 1.82) is 0 Å². The third-order valence-electron chi connectivity index (χ3n) is 9.56. The highest BCUT2D eigenvalue weighted by Gasteiger charge is 2.35. The molecule has 2 aromatic carbocycles. The van der Waals surface area contributed by atoms with Crippen LogP contribution in [0.25, 0.3) is 0 Å². The predicted molar refractivity (Wildman–Crippen MR) is 177 cm³/mol. The summed E-state index contributed by atoms with van der Waals surface area (Å²) in [5, 5.41) is 3.31. The number of carbonyl (C=O) groups is 1. The van der Waals surface area contributed by atoms with Crippen LogP contribution in [0, 0.1) is 11.8 Å². The Labute approximate surface area is 277 Å². The van der Waals surface area contributed by atoms with Crippen LogP contribution in [-0.4, -0.2) is 75.0 Å². The van der Waals surface area contributed by atoms with Crippen molar-refractivity contribution in [2.24, 2.45) is 11.8 Å². The Kier molecular flexibility index (Phi) is 12.3.